The lowest BCUT2D eigenvalue weighted by Crippen LogP contribution is -2.54. The Bertz CT molecular complexity index is 1150. The molecule has 6 nitrogen and oxygen atoms in total. The molecule has 2 aromatic rings. The first kappa shape index (κ1) is 35.4. The highest BCUT2D eigenvalue weighted by molar-refractivity contribution is 7.98. The zero-order valence-electron chi connectivity index (χ0n) is 27.1. The molecule has 2 N–H and O–H groups in total. The Morgan fingerprint density at radius 2 is 1.40 bits per heavy atom. The first-order valence-electron chi connectivity index (χ1n) is 15.2. The van der Waals surface area contributed by atoms with Crippen LogP contribution in [0.4, 0.5) is 0 Å². The molecule has 0 aromatic heterocycles. The van der Waals surface area contributed by atoms with Crippen LogP contribution in [-0.2, 0) is 25.5 Å². The van der Waals surface area contributed by atoms with E-state index < -0.39 is 23.0 Å². The SMILES string of the molecule is CCCC[C@@H](C[C@@H](CCc1ccc(-c2ccc(SC)cc2)cc1)C(=O)N[C@H](C(=O)NC)C(C)(C)C)C(=O)OC(C)(C)C. The molecule has 0 saturated carbocycles. The molecule has 0 aliphatic rings. The molecule has 2 rings (SSSR count). The van der Waals surface area contributed by atoms with Crippen LogP contribution in [0.3, 0.4) is 0 Å². The van der Waals surface area contributed by atoms with E-state index in [1.54, 1.807) is 18.8 Å². The Labute approximate surface area is 258 Å². The van der Waals surface area contributed by atoms with Gasteiger partial charge in [0, 0.05) is 17.9 Å². The highest BCUT2D eigenvalue weighted by Gasteiger charge is 2.36. The van der Waals surface area contributed by atoms with Crippen molar-refractivity contribution in [3.8, 4) is 11.1 Å². The van der Waals surface area contributed by atoms with Gasteiger partial charge in [0.2, 0.25) is 11.8 Å². The molecule has 2 aromatic carbocycles. The van der Waals surface area contributed by atoms with Crippen LogP contribution in [0.1, 0.15) is 86.1 Å². The number of rotatable bonds is 14. The second-order valence-electron chi connectivity index (χ2n) is 13.2. The van der Waals surface area contributed by atoms with E-state index in [0.717, 1.165) is 29.5 Å². The normalized spacial score (nSPS) is 14.0. The highest BCUT2D eigenvalue weighted by Crippen LogP contribution is 2.28. The van der Waals surface area contributed by atoms with Gasteiger partial charge in [0.25, 0.3) is 0 Å². The van der Waals surface area contributed by atoms with Crippen molar-refractivity contribution in [1.82, 2.24) is 10.6 Å². The Morgan fingerprint density at radius 3 is 1.88 bits per heavy atom. The average molecular weight is 597 g/mol. The maximum Gasteiger partial charge on any atom is 0.309 e. The molecule has 3 atom stereocenters. The zero-order valence-corrected chi connectivity index (χ0v) is 28.0. The molecule has 232 valence electrons. The molecule has 0 bridgehead atoms. The van der Waals surface area contributed by atoms with Gasteiger partial charge in [-0.1, -0.05) is 76.9 Å². The fourth-order valence-electron chi connectivity index (χ4n) is 4.94. The molecule has 0 fully saturated rings. The first-order valence-corrected chi connectivity index (χ1v) is 16.4. The summed E-state index contributed by atoms with van der Waals surface area (Å²) < 4.78 is 5.76. The monoisotopic (exact) mass is 596 g/mol. The molecule has 0 saturated heterocycles. The lowest BCUT2D eigenvalue weighted by molar-refractivity contribution is -0.161. The summed E-state index contributed by atoms with van der Waals surface area (Å²) in [6, 6.07) is 16.3. The molecule has 42 heavy (non-hydrogen) atoms. The molecule has 7 heteroatoms. The number of unbranched alkanes of at least 4 members (excludes halogenated alkanes) is 1. The quantitative estimate of drug-likeness (QED) is 0.175. The van der Waals surface area contributed by atoms with Gasteiger partial charge in [-0.3, -0.25) is 14.4 Å². The van der Waals surface area contributed by atoms with Gasteiger partial charge in [-0.25, -0.2) is 0 Å². The predicted molar refractivity (Wildman–Crippen MR) is 174 cm³/mol. The van der Waals surface area contributed by atoms with Crippen LogP contribution in [-0.4, -0.2) is 42.7 Å². The van der Waals surface area contributed by atoms with Crippen molar-refractivity contribution in [2.75, 3.05) is 13.3 Å². The van der Waals surface area contributed by atoms with E-state index in [0.29, 0.717) is 25.7 Å². The van der Waals surface area contributed by atoms with E-state index in [-0.39, 0.29) is 23.7 Å². The number of benzene rings is 2. The topological polar surface area (TPSA) is 84.5 Å². The summed E-state index contributed by atoms with van der Waals surface area (Å²) in [5, 5.41) is 5.71. The molecule has 0 heterocycles. The van der Waals surface area contributed by atoms with Crippen molar-refractivity contribution in [2.24, 2.45) is 17.3 Å². The Hall–Kier alpha value is -2.80. The number of hydrogen-bond donors (Lipinski definition) is 2. The smallest absolute Gasteiger partial charge is 0.309 e. The number of ether oxygens (including phenoxy) is 1. The van der Waals surface area contributed by atoms with Crippen molar-refractivity contribution in [2.45, 2.75) is 104 Å². The molecule has 2 amide bonds. The van der Waals surface area contributed by atoms with Crippen molar-refractivity contribution in [1.29, 1.82) is 0 Å². The average Bonchev–Trinajstić information content (AvgIpc) is 2.93. The number of esters is 1. The largest absolute Gasteiger partial charge is 0.460 e. The van der Waals surface area contributed by atoms with Crippen LogP contribution in [0.2, 0.25) is 0 Å². The minimum Gasteiger partial charge on any atom is -0.460 e. The number of thioether (sulfide) groups is 1. The summed E-state index contributed by atoms with van der Waals surface area (Å²) >= 11 is 1.72. The maximum atomic E-state index is 13.8. The standard InChI is InChI=1S/C35H52N2O4S/c1-10-11-12-28(33(40)41-35(5,6)7)23-27(31(38)37-30(32(39)36-8)34(2,3)4)18-15-24-13-16-25(17-14-24)26-19-21-29(42-9)22-20-26/h13-14,16-17,19-22,27-28,30H,10-12,15,18,23H2,1-9H3,(H,36,39)(H,37,38)/t27-,28+,30-/m1/s1. The third-order valence-electron chi connectivity index (χ3n) is 7.41. The van der Waals surface area contributed by atoms with E-state index in [2.05, 4.69) is 72.3 Å². The Morgan fingerprint density at radius 1 is 0.833 bits per heavy atom. The minimum absolute atomic E-state index is 0.200. The number of hydrogen-bond acceptors (Lipinski definition) is 5. The van der Waals surface area contributed by atoms with E-state index in [4.69, 9.17) is 4.74 Å². The molecular formula is C35H52N2O4S. The van der Waals surface area contributed by atoms with Crippen molar-refractivity contribution < 1.29 is 19.1 Å². The van der Waals surface area contributed by atoms with Crippen molar-refractivity contribution in [3.63, 3.8) is 0 Å². The lowest BCUT2D eigenvalue weighted by atomic mass is 9.83. The third-order valence-corrected chi connectivity index (χ3v) is 8.15. The summed E-state index contributed by atoms with van der Waals surface area (Å²) in [6.45, 7) is 13.5. The molecular weight excluding hydrogens is 544 g/mol. The van der Waals surface area contributed by atoms with Crippen LogP contribution in [0.15, 0.2) is 53.4 Å². The van der Waals surface area contributed by atoms with Gasteiger partial charge in [-0.2, -0.15) is 0 Å². The summed E-state index contributed by atoms with van der Waals surface area (Å²) in [7, 11) is 1.58. The second-order valence-corrected chi connectivity index (χ2v) is 14.1. The number of amides is 2. The molecule has 0 spiro atoms. The van der Waals surface area contributed by atoms with Crippen LogP contribution in [0.25, 0.3) is 11.1 Å². The van der Waals surface area contributed by atoms with Crippen LogP contribution in [0.5, 0.6) is 0 Å². The maximum absolute atomic E-state index is 13.8. The van der Waals surface area contributed by atoms with Gasteiger partial charge in [0.15, 0.2) is 0 Å². The first-order chi connectivity index (χ1) is 19.7. The molecule has 0 radical (unpaired) electrons. The summed E-state index contributed by atoms with van der Waals surface area (Å²) in [5.74, 6) is -1.53. The van der Waals surface area contributed by atoms with E-state index >= 15 is 0 Å². The van der Waals surface area contributed by atoms with Gasteiger partial charge in [0.05, 0.1) is 5.92 Å². The number of nitrogens with one attached hydrogen (secondary N) is 2. The summed E-state index contributed by atoms with van der Waals surface area (Å²) in [6.07, 6.45) is 6.18. The number of carbonyl (C=O) groups is 3. The fraction of sp³-hybridized carbons (Fsp3) is 0.571. The number of aryl methyl sites for hydroxylation is 1. The van der Waals surface area contributed by atoms with Crippen molar-refractivity contribution >= 4 is 29.5 Å². The van der Waals surface area contributed by atoms with E-state index in [9.17, 15) is 14.4 Å². The highest BCUT2D eigenvalue weighted by atomic mass is 32.2. The van der Waals surface area contributed by atoms with Gasteiger partial charge in [0.1, 0.15) is 11.6 Å². The molecule has 0 aliphatic heterocycles. The van der Waals surface area contributed by atoms with E-state index in [1.807, 2.05) is 41.5 Å². The molecule has 0 unspecified atom stereocenters. The summed E-state index contributed by atoms with van der Waals surface area (Å²) in [4.78, 5) is 41.0. The van der Waals surface area contributed by atoms with Gasteiger partial charge in [-0.15, -0.1) is 11.8 Å². The predicted octanol–water partition coefficient (Wildman–Crippen LogP) is 7.44. The van der Waals surface area contributed by atoms with Crippen LogP contribution < -0.4 is 10.6 Å². The third kappa shape index (κ3) is 11.5. The fourth-order valence-corrected chi connectivity index (χ4v) is 5.34. The van der Waals surface area contributed by atoms with Crippen molar-refractivity contribution in [3.05, 3.63) is 54.1 Å². The minimum atomic E-state index is -0.690. The van der Waals surface area contributed by atoms with Crippen LogP contribution in [0, 0.1) is 17.3 Å². The summed E-state index contributed by atoms with van der Waals surface area (Å²) in [5.41, 5.74) is 2.35. The molecule has 0 aliphatic carbocycles. The van der Waals surface area contributed by atoms with Gasteiger partial charge in [-0.05, 0) is 86.9 Å². The second kappa shape index (κ2) is 16.2. The Balaban J connectivity index is 2.29. The number of likely N-dealkylation sites (N-methyl/N-ethyl adjacent to an activating group) is 1. The Kier molecular flexibility index (Phi) is 13.6. The van der Waals surface area contributed by atoms with Crippen LogP contribution >= 0.6 is 11.8 Å². The van der Waals surface area contributed by atoms with E-state index in [1.165, 1.54) is 4.90 Å². The zero-order chi connectivity index (χ0) is 31.5. The van der Waals surface area contributed by atoms with Gasteiger partial charge < -0.3 is 15.4 Å². The number of carbonyl (C=O) groups excluding carboxylic acids is 3. The van der Waals surface area contributed by atoms with Gasteiger partial charge >= 0.3 is 5.97 Å². The lowest BCUT2D eigenvalue weighted by Gasteiger charge is -2.32.